The van der Waals surface area contributed by atoms with Crippen LogP contribution in [-0.2, 0) is 6.54 Å². The van der Waals surface area contributed by atoms with Crippen LogP contribution >= 0.6 is 0 Å². The van der Waals surface area contributed by atoms with Gasteiger partial charge in [0, 0.05) is 12.6 Å². The highest BCUT2D eigenvalue weighted by Crippen LogP contribution is 2.10. The van der Waals surface area contributed by atoms with E-state index in [4.69, 9.17) is 0 Å². The fourth-order valence-corrected chi connectivity index (χ4v) is 1.95. The van der Waals surface area contributed by atoms with Gasteiger partial charge < -0.3 is 0 Å². The van der Waals surface area contributed by atoms with Gasteiger partial charge in [-0.2, -0.15) is 0 Å². The van der Waals surface area contributed by atoms with Crippen molar-refractivity contribution in [3.63, 3.8) is 0 Å². The van der Waals surface area contributed by atoms with Crippen LogP contribution in [0.25, 0.3) is 0 Å². The van der Waals surface area contributed by atoms with E-state index in [9.17, 15) is 0 Å². The standard InChI is InChI=1S/C15H23N/c1-5-16(14(4)11-13(2)3)12-15-9-7-6-8-10-15/h6-11,14H,5,12H2,1-4H3. The van der Waals surface area contributed by atoms with Crippen molar-refractivity contribution < 1.29 is 0 Å². The molecular formula is C15H23N. The van der Waals surface area contributed by atoms with E-state index in [1.54, 1.807) is 0 Å². The van der Waals surface area contributed by atoms with Gasteiger partial charge in [0.2, 0.25) is 0 Å². The molecule has 0 aliphatic carbocycles. The Bertz CT molecular complexity index is 323. The summed E-state index contributed by atoms with van der Waals surface area (Å²) in [5, 5.41) is 0. The van der Waals surface area contributed by atoms with Crippen LogP contribution < -0.4 is 0 Å². The average Bonchev–Trinajstić information content (AvgIpc) is 2.26. The molecule has 1 heteroatoms. The van der Waals surface area contributed by atoms with Gasteiger partial charge in [0.1, 0.15) is 0 Å². The summed E-state index contributed by atoms with van der Waals surface area (Å²) in [7, 11) is 0. The predicted octanol–water partition coefficient (Wildman–Crippen LogP) is 3.86. The fraction of sp³-hybridized carbons (Fsp3) is 0.467. The Morgan fingerprint density at radius 2 is 1.88 bits per heavy atom. The van der Waals surface area contributed by atoms with Crippen molar-refractivity contribution in [3.8, 4) is 0 Å². The third kappa shape index (κ3) is 4.19. The quantitative estimate of drug-likeness (QED) is 0.677. The van der Waals surface area contributed by atoms with Gasteiger partial charge in [-0.1, -0.05) is 48.9 Å². The summed E-state index contributed by atoms with van der Waals surface area (Å²) >= 11 is 0. The zero-order valence-electron chi connectivity index (χ0n) is 10.9. The molecule has 1 rings (SSSR count). The zero-order chi connectivity index (χ0) is 12.0. The molecule has 0 bridgehead atoms. The molecule has 1 nitrogen and oxygen atoms in total. The maximum atomic E-state index is 2.47. The largest absolute Gasteiger partial charge is 0.293 e. The third-order valence-electron chi connectivity index (χ3n) is 2.79. The SMILES string of the molecule is CCN(Cc1ccccc1)C(C)C=C(C)C. The van der Waals surface area contributed by atoms with Gasteiger partial charge in [0.15, 0.2) is 0 Å². The number of allylic oxidation sites excluding steroid dienone is 1. The van der Waals surface area contributed by atoms with Crippen LogP contribution in [0.1, 0.15) is 33.3 Å². The van der Waals surface area contributed by atoms with Gasteiger partial charge in [0.25, 0.3) is 0 Å². The summed E-state index contributed by atoms with van der Waals surface area (Å²) in [6.45, 7) is 10.9. The van der Waals surface area contributed by atoms with Crippen molar-refractivity contribution >= 4 is 0 Å². The molecule has 0 aliphatic rings. The normalized spacial score (nSPS) is 12.6. The maximum Gasteiger partial charge on any atom is 0.0255 e. The van der Waals surface area contributed by atoms with Crippen LogP contribution in [0, 0.1) is 0 Å². The molecule has 16 heavy (non-hydrogen) atoms. The molecule has 1 aromatic carbocycles. The van der Waals surface area contributed by atoms with Gasteiger partial charge in [0.05, 0.1) is 0 Å². The molecular weight excluding hydrogens is 194 g/mol. The lowest BCUT2D eigenvalue weighted by molar-refractivity contribution is 0.244. The average molecular weight is 217 g/mol. The van der Waals surface area contributed by atoms with E-state index in [-0.39, 0.29) is 0 Å². The molecule has 1 atom stereocenters. The lowest BCUT2D eigenvalue weighted by Crippen LogP contribution is -2.31. The van der Waals surface area contributed by atoms with E-state index < -0.39 is 0 Å². The molecule has 0 fully saturated rings. The van der Waals surface area contributed by atoms with Gasteiger partial charge in [-0.25, -0.2) is 0 Å². The molecule has 88 valence electrons. The van der Waals surface area contributed by atoms with Crippen LogP contribution in [0.15, 0.2) is 42.0 Å². The van der Waals surface area contributed by atoms with Crippen molar-refractivity contribution in [2.45, 2.75) is 40.3 Å². The number of hydrogen-bond acceptors (Lipinski definition) is 1. The summed E-state index contributed by atoms with van der Waals surface area (Å²) in [5.74, 6) is 0. The zero-order valence-corrected chi connectivity index (χ0v) is 10.9. The highest BCUT2D eigenvalue weighted by Gasteiger charge is 2.09. The summed E-state index contributed by atoms with van der Waals surface area (Å²) in [6.07, 6.45) is 2.33. The van der Waals surface area contributed by atoms with Crippen LogP contribution in [0.3, 0.4) is 0 Å². The first-order valence-electron chi connectivity index (χ1n) is 6.06. The Morgan fingerprint density at radius 1 is 1.25 bits per heavy atom. The molecule has 1 aromatic rings. The number of likely N-dealkylation sites (N-methyl/N-ethyl adjacent to an activating group) is 1. The van der Waals surface area contributed by atoms with Crippen molar-refractivity contribution in [2.24, 2.45) is 0 Å². The van der Waals surface area contributed by atoms with Gasteiger partial charge in [-0.3, -0.25) is 4.90 Å². The molecule has 0 aromatic heterocycles. The Hall–Kier alpha value is -1.08. The van der Waals surface area contributed by atoms with Gasteiger partial charge >= 0.3 is 0 Å². The molecule has 0 aliphatic heterocycles. The van der Waals surface area contributed by atoms with Crippen LogP contribution in [-0.4, -0.2) is 17.5 Å². The first kappa shape index (κ1) is 13.0. The Kier molecular flexibility index (Phi) is 5.27. The van der Waals surface area contributed by atoms with Crippen LogP contribution in [0.2, 0.25) is 0 Å². The maximum absolute atomic E-state index is 2.47. The molecule has 0 radical (unpaired) electrons. The summed E-state index contributed by atoms with van der Waals surface area (Å²) in [6, 6.07) is 11.2. The molecule has 0 amide bonds. The second kappa shape index (κ2) is 6.49. The monoisotopic (exact) mass is 217 g/mol. The smallest absolute Gasteiger partial charge is 0.0255 e. The van der Waals surface area contributed by atoms with E-state index >= 15 is 0 Å². The minimum Gasteiger partial charge on any atom is -0.293 e. The molecule has 0 N–H and O–H groups in total. The Morgan fingerprint density at radius 3 is 2.38 bits per heavy atom. The lowest BCUT2D eigenvalue weighted by Gasteiger charge is -2.26. The van der Waals surface area contributed by atoms with E-state index in [0.29, 0.717) is 6.04 Å². The first-order chi connectivity index (χ1) is 7.63. The number of nitrogens with zero attached hydrogens (tertiary/aromatic N) is 1. The Balaban J connectivity index is 2.66. The molecule has 0 heterocycles. The highest BCUT2D eigenvalue weighted by molar-refractivity contribution is 5.15. The highest BCUT2D eigenvalue weighted by atomic mass is 15.1. The number of hydrogen-bond donors (Lipinski definition) is 0. The molecule has 0 saturated heterocycles. The first-order valence-corrected chi connectivity index (χ1v) is 6.06. The topological polar surface area (TPSA) is 3.24 Å². The minimum atomic E-state index is 0.509. The van der Waals surface area contributed by atoms with E-state index in [2.05, 4.69) is 69.0 Å². The molecule has 0 saturated carbocycles. The van der Waals surface area contributed by atoms with E-state index in [0.717, 1.165) is 13.1 Å². The summed E-state index contributed by atoms with van der Waals surface area (Å²) in [4.78, 5) is 2.47. The van der Waals surface area contributed by atoms with Gasteiger partial charge in [-0.15, -0.1) is 0 Å². The van der Waals surface area contributed by atoms with Crippen LogP contribution in [0.4, 0.5) is 0 Å². The second-order valence-electron chi connectivity index (χ2n) is 4.53. The Labute approximate surface area is 99.8 Å². The molecule has 1 unspecified atom stereocenters. The fourth-order valence-electron chi connectivity index (χ4n) is 1.95. The minimum absolute atomic E-state index is 0.509. The van der Waals surface area contributed by atoms with Crippen molar-refractivity contribution in [3.05, 3.63) is 47.5 Å². The van der Waals surface area contributed by atoms with Crippen LogP contribution in [0.5, 0.6) is 0 Å². The summed E-state index contributed by atoms with van der Waals surface area (Å²) < 4.78 is 0. The second-order valence-corrected chi connectivity index (χ2v) is 4.53. The van der Waals surface area contributed by atoms with Crippen molar-refractivity contribution in [2.75, 3.05) is 6.54 Å². The predicted molar refractivity (Wildman–Crippen MR) is 71.4 cm³/mol. The summed E-state index contributed by atoms with van der Waals surface area (Å²) in [5.41, 5.74) is 2.78. The van der Waals surface area contributed by atoms with E-state index in [1.807, 2.05) is 0 Å². The van der Waals surface area contributed by atoms with Crippen molar-refractivity contribution in [1.29, 1.82) is 0 Å². The van der Waals surface area contributed by atoms with Crippen molar-refractivity contribution in [1.82, 2.24) is 4.90 Å². The molecule has 0 spiro atoms. The lowest BCUT2D eigenvalue weighted by atomic mass is 10.1. The number of benzene rings is 1. The van der Waals surface area contributed by atoms with Gasteiger partial charge in [-0.05, 0) is 32.9 Å². The third-order valence-corrected chi connectivity index (χ3v) is 2.79. The number of rotatable bonds is 5. The van der Waals surface area contributed by atoms with E-state index in [1.165, 1.54) is 11.1 Å².